The highest BCUT2D eigenvalue weighted by molar-refractivity contribution is 6.33. The second-order valence-corrected chi connectivity index (χ2v) is 4.14. The average molecular weight is 318 g/mol. The Kier molecular flexibility index (Phi) is 5.13. The van der Waals surface area contributed by atoms with Crippen molar-refractivity contribution in [3.63, 3.8) is 0 Å². The summed E-state index contributed by atoms with van der Waals surface area (Å²) in [5.74, 6) is -2.11. The summed E-state index contributed by atoms with van der Waals surface area (Å²) in [5.41, 5.74) is -1.98. The molecule has 1 rings (SSSR count). The molecular formula is C10H8ClN3O7. The molecule has 2 N–H and O–H groups in total. The largest absolute Gasteiger partial charge is 0.481 e. The number of halogens is 1. The van der Waals surface area contributed by atoms with Crippen LogP contribution in [0.25, 0.3) is 0 Å². The first-order valence-electron chi connectivity index (χ1n) is 5.36. The van der Waals surface area contributed by atoms with Crippen LogP contribution >= 0.6 is 11.6 Å². The number of carboxylic acids is 1. The molecule has 0 fully saturated rings. The van der Waals surface area contributed by atoms with E-state index in [-0.39, 0.29) is 13.0 Å². The molecule has 0 bridgehead atoms. The van der Waals surface area contributed by atoms with Gasteiger partial charge in [-0.1, -0.05) is 11.6 Å². The van der Waals surface area contributed by atoms with Gasteiger partial charge in [0.1, 0.15) is 10.6 Å². The Morgan fingerprint density at radius 2 is 1.76 bits per heavy atom. The second kappa shape index (κ2) is 6.61. The van der Waals surface area contributed by atoms with Crippen LogP contribution in [0.1, 0.15) is 16.8 Å². The number of hydrogen-bond donors (Lipinski definition) is 2. The van der Waals surface area contributed by atoms with Gasteiger partial charge in [-0.05, 0) is 6.07 Å². The number of carboxylic acid groups (broad SMARTS) is 1. The van der Waals surface area contributed by atoms with Crippen LogP contribution in [-0.4, -0.2) is 33.4 Å². The molecule has 0 radical (unpaired) electrons. The fourth-order valence-corrected chi connectivity index (χ4v) is 1.63. The number of amides is 1. The summed E-state index contributed by atoms with van der Waals surface area (Å²) in [5, 5.41) is 31.7. The van der Waals surface area contributed by atoms with Gasteiger partial charge >= 0.3 is 5.97 Å². The van der Waals surface area contributed by atoms with Gasteiger partial charge in [0.15, 0.2) is 0 Å². The first-order valence-corrected chi connectivity index (χ1v) is 5.74. The van der Waals surface area contributed by atoms with Crippen LogP contribution in [0.4, 0.5) is 11.4 Å². The summed E-state index contributed by atoms with van der Waals surface area (Å²) >= 11 is 5.59. The Morgan fingerprint density at radius 3 is 2.24 bits per heavy atom. The van der Waals surface area contributed by atoms with Crippen molar-refractivity contribution in [3.05, 3.63) is 42.9 Å². The first kappa shape index (κ1) is 16.3. The van der Waals surface area contributed by atoms with Crippen molar-refractivity contribution < 1.29 is 24.5 Å². The van der Waals surface area contributed by atoms with E-state index >= 15 is 0 Å². The Labute approximate surface area is 121 Å². The molecule has 112 valence electrons. The van der Waals surface area contributed by atoms with E-state index in [1.807, 2.05) is 0 Å². The predicted molar refractivity (Wildman–Crippen MR) is 69.3 cm³/mol. The van der Waals surface area contributed by atoms with Crippen molar-refractivity contribution in [2.45, 2.75) is 6.42 Å². The lowest BCUT2D eigenvalue weighted by Crippen LogP contribution is -2.26. The normalized spacial score (nSPS) is 9.95. The molecule has 0 aromatic heterocycles. The highest BCUT2D eigenvalue weighted by atomic mass is 35.5. The minimum Gasteiger partial charge on any atom is -0.481 e. The Balaban J connectivity index is 3.13. The zero-order chi connectivity index (χ0) is 16.2. The molecule has 0 spiro atoms. The second-order valence-electron chi connectivity index (χ2n) is 3.73. The third-order valence-electron chi connectivity index (χ3n) is 2.33. The number of nitro groups is 2. The molecule has 10 nitrogen and oxygen atoms in total. The number of hydrogen-bond acceptors (Lipinski definition) is 6. The molecule has 0 unspecified atom stereocenters. The molecular weight excluding hydrogens is 310 g/mol. The monoisotopic (exact) mass is 317 g/mol. The summed E-state index contributed by atoms with van der Waals surface area (Å²) in [6.45, 7) is -0.250. The summed E-state index contributed by atoms with van der Waals surface area (Å²) < 4.78 is 0. The predicted octanol–water partition coefficient (Wildman–Crippen LogP) is 1.36. The first-order chi connectivity index (χ1) is 9.73. The van der Waals surface area contributed by atoms with Gasteiger partial charge in [-0.3, -0.25) is 29.8 Å². The topological polar surface area (TPSA) is 153 Å². The van der Waals surface area contributed by atoms with Crippen LogP contribution in [0.3, 0.4) is 0 Å². The fraction of sp³-hybridized carbons (Fsp3) is 0.200. The number of rotatable bonds is 6. The van der Waals surface area contributed by atoms with Crippen LogP contribution in [0.15, 0.2) is 12.1 Å². The van der Waals surface area contributed by atoms with Gasteiger partial charge in [-0.25, -0.2) is 0 Å². The number of aliphatic carboxylic acids is 1. The van der Waals surface area contributed by atoms with Crippen molar-refractivity contribution >= 4 is 34.9 Å². The quantitative estimate of drug-likeness (QED) is 0.593. The van der Waals surface area contributed by atoms with Crippen LogP contribution in [-0.2, 0) is 4.79 Å². The Bertz CT molecular complexity index is 631. The molecule has 1 amide bonds. The smallest absolute Gasteiger partial charge is 0.305 e. The molecule has 21 heavy (non-hydrogen) atoms. The van der Waals surface area contributed by atoms with Gasteiger partial charge in [0.2, 0.25) is 0 Å². The number of benzene rings is 1. The molecule has 0 atom stereocenters. The number of nitro benzene ring substituents is 2. The zero-order valence-corrected chi connectivity index (χ0v) is 11.0. The van der Waals surface area contributed by atoms with Crippen LogP contribution in [0.5, 0.6) is 0 Å². The Morgan fingerprint density at radius 1 is 1.19 bits per heavy atom. The maximum absolute atomic E-state index is 11.7. The lowest BCUT2D eigenvalue weighted by atomic mass is 10.1. The molecule has 1 aromatic rings. The molecule has 0 aliphatic rings. The van der Waals surface area contributed by atoms with Crippen molar-refractivity contribution in [1.29, 1.82) is 0 Å². The van der Waals surface area contributed by atoms with E-state index in [4.69, 9.17) is 16.7 Å². The molecule has 0 heterocycles. The Hall–Kier alpha value is -2.75. The van der Waals surface area contributed by atoms with E-state index in [0.29, 0.717) is 6.07 Å². The van der Waals surface area contributed by atoms with E-state index in [0.717, 1.165) is 6.07 Å². The van der Waals surface area contributed by atoms with E-state index in [1.54, 1.807) is 0 Å². The van der Waals surface area contributed by atoms with Gasteiger partial charge in [0.25, 0.3) is 17.3 Å². The minimum absolute atomic E-state index is 0.250. The number of nitrogens with zero attached hydrogens (tertiary/aromatic N) is 2. The molecule has 0 saturated heterocycles. The van der Waals surface area contributed by atoms with Crippen LogP contribution < -0.4 is 5.32 Å². The molecule has 0 saturated carbocycles. The molecule has 0 aliphatic heterocycles. The fourth-order valence-electron chi connectivity index (χ4n) is 1.40. The van der Waals surface area contributed by atoms with Gasteiger partial charge in [0, 0.05) is 6.54 Å². The number of carbonyl (C=O) groups excluding carboxylic acids is 1. The zero-order valence-electron chi connectivity index (χ0n) is 10.2. The van der Waals surface area contributed by atoms with E-state index in [1.165, 1.54) is 0 Å². The van der Waals surface area contributed by atoms with Crippen LogP contribution in [0, 0.1) is 20.2 Å². The molecule has 1 aromatic carbocycles. The van der Waals surface area contributed by atoms with E-state index in [2.05, 4.69) is 5.32 Å². The number of carbonyl (C=O) groups is 2. The number of nitrogens with one attached hydrogen (secondary N) is 1. The lowest BCUT2D eigenvalue weighted by Gasteiger charge is -2.05. The molecule has 0 aliphatic carbocycles. The summed E-state index contributed by atoms with van der Waals surface area (Å²) in [6, 6.07) is 1.38. The van der Waals surface area contributed by atoms with Gasteiger partial charge in [-0.15, -0.1) is 0 Å². The van der Waals surface area contributed by atoms with E-state index in [9.17, 15) is 29.8 Å². The highest BCUT2D eigenvalue weighted by Crippen LogP contribution is 2.32. The average Bonchev–Trinajstić information content (AvgIpc) is 2.36. The summed E-state index contributed by atoms with van der Waals surface area (Å²) in [4.78, 5) is 41.7. The van der Waals surface area contributed by atoms with Gasteiger partial charge in [0.05, 0.1) is 22.3 Å². The third kappa shape index (κ3) is 4.11. The lowest BCUT2D eigenvalue weighted by molar-refractivity contribution is -0.394. The van der Waals surface area contributed by atoms with Gasteiger partial charge < -0.3 is 10.4 Å². The van der Waals surface area contributed by atoms with E-state index < -0.39 is 43.7 Å². The summed E-state index contributed by atoms with van der Waals surface area (Å²) in [7, 11) is 0. The maximum atomic E-state index is 11.7. The standard InChI is InChI=1S/C10H8ClN3O7/c11-6-3-5(10(17)12-2-1-9(15)16)7(13(18)19)4-8(6)14(20)21/h3-4H,1-2H2,(H,12,17)(H,15,16). The van der Waals surface area contributed by atoms with Crippen molar-refractivity contribution in [2.24, 2.45) is 0 Å². The van der Waals surface area contributed by atoms with Gasteiger partial charge in [-0.2, -0.15) is 0 Å². The van der Waals surface area contributed by atoms with Crippen molar-refractivity contribution in [3.8, 4) is 0 Å². The van der Waals surface area contributed by atoms with Crippen LogP contribution in [0.2, 0.25) is 5.02 Å². The minimum atomic E-state index is -1.16. The highest BCUT2D eigenvalue weighted by Gasteiger charge is 2.27. The van der Waals surface area contributed by atoms with Crippen molar-refractivity contribution in [1.82, 2.24) is 5.32 Å². The summed E-state index contributed by atoms with van der Waals surface area (Å²) in [6.07, 6.45) is -0.375. The molecule has 11 heteroatoms. The maximum Gasteiger partial charge on any atom is 0.305 e. The van der Waals surface area contributed by atoms with Crippen molar-refractivity contribution in [2.75, 3.05) is 6.54 Å². The SMILES string of the molecule is O=C(O)CCNC(=O)c1cc(Cl)c([N+](=O)[O-])cc1[N+](=O)[O-]. The third-order valence-corrected chi connectivity index (χ3v) is 2.63.